The van der Waals surface area contributed by atoms with Gasteiger partial charge in [0, 0.05) is 6.54 Å². The summed E-state index contributed by atoms with van der Waals surface area (Å²) in [5.41, 5.74) is 4.02. The van der Waals surface area contributed by atoms with Crippen molar-refractivity contribution in [2.45, 2.75) is 33.6 Å². The van der Waals surface area contributed by atoms with Crippen molar-refractivity contribution in [2.75, 3.05) is 6.54 Å². The highest BCUT2D eigenvalue weighted by Gasteiger charge is 1.96. The van der Waals surface area contributed by atoms with E-state index in [1.807, 2.05) is 20.0 Å². The Balaban J connectivity index is 0.000000861. The Bertz CT molecular complexity index is 442. The van der Waals surface area contributed by atoms with Gasteiger partial charge in [0.25, 0.3) is 0 Å². The maximum atomic E-state index is 3.15. The van der Waals surface area contributed by atoms with Gasteiger partial charge in [-0.1, -0.05) is 68.9 Å². The van der Waals surface area contributed by atoms with Crippen LogP contribution in [0, 0.1) is 0 Å². The van der Waals surface area contributed by atoms with Crippen LogP contribution < -0.4 is 5.32 Å². The molecular weight excluding hydrogens is 230 g/mol. The van der Waals surface area contributed by atoms with E-state index in [2.05, 4.69) is 60.8 Å². The molecule has 0 amide bonds. The molecule has 0 atom stereocenters. The Labute approximate surface area is 117 Å². The molecule has 0 aromatic rings. The van der Waals surface area contributed by atoms with E-state index in [1.54, 1.807) is 0 Å². The fraction of sp³-hybridized carbons (Fsp3) is 0.333. The molecule has 0 unspecified atom stereocenters. The first-order chi connectivity index (χ1) is 9.38. The normalized spacial score (nSPS) is 17.7. The predicted octanol–water partition coefficient (Wildman–Crippen LogP) is 4.83. The van der Waals surface area contributed by atoms with Gasteiger partial charge in [-0.15, -0.1) is 0 Å². The molecule has 0 fully saturated rings. The zero-order chi connectivity index (χ0) is 13.9. The van der Waals surface area contributed by atoms with Crippen LogP contribution in [-0.4, -0.2) is 6.54 Å². The molecule has 2 rings (SSSR count). The van der Waals surface area contributed by atoms with Gasteiger partial charge >= 0.3 is 0 Å². The number of hydrogen-bond acceptors (Lipinski definition) is 1. The Morgan fingerprint density at radius 3 is 2.58 bits per heavy atom. The van der Waals surface area contributed by atoms with Crippen molar-refractivity contribution in [3.8, 4) is 0 Å². The summed E-state index contributed by atoms with van der Waals surface area (Å²) in [5.74, 6) is 0. The summed E-state index contributed by atoms with van der Waals surface area (Å²) in [6.07, 6.45) is 21.7. The quantitative estimate of drug-likeness (QED) is 0.761. The van der Waals surface area contributed by atoms with Gasteiger partial charge in [0.15, 0.2) is 0 Å². The van der Waals surface area contributed by atoms with Crippen LogP contribution >= 0.6 is 0 Å². The minimum absolute atomic E-state index is 0.922. The van der Waals surface area contributed by atoms with E-state index in [1.165, 1.54) is 16.7 Å². The second kappa shape index (κ2) is 9.21. The molecule has 0 bridgehead atoms. The first-order valence-electron chi connectivity index (χ1n) is 7.23. The Hall–Kier alpha value is -1.76. The molecule has 102 valence electrons. The Kier molecular flexibility index (Phi) is 7.41. The molecule has 19 heavy (non-hydrogen) atoms. The van der Waals surface area contributed by atoms with E-state index < -0.39 is 0 Å². The van der Waals surface area contributed by atoms with E-state index in [0.717, 1.165) is 19.4 Å². The molecule has 0 saturated carbocycles. The predicted molar refractivity (Wildman–Crippen MR) is 85.9 cm³/mol. The second-order valence-electron chi connectivity index (χ2n) is 4.23. The molecule has 2 aliphatic rings. The standard InChI is InChI=1S/C16H19N.C2H6/c1-2-14-4-3-5-15(7-6-14)8-9-16-10-12-17-13-11-16;1-2/h3,5-12,17H,2,4,13H2,1H3;1-2H3/b9-8+;. The molecule has 1 nitrogen and oxygen atoms in total. The smallest absolute Gasteiger partial charge is 0.0334 e. The molecule has 1 aliphatic carbocycles. The van der Waals surface area contributed by atoms with Crippen LogP contribution in [0.15, 0.2) is 71.5 Å². The van der Waals surface area contributed by atoms with Crippen molar-refractivity contribution < 1.29 is 0 Å². The molecule has 0 aromatic heterocycles. The van der Waals surface area contributed by atoms with Gasteiger partial charge < -0.3 is 5.32 Å². The van der Waals surface area contributed by atoms with Crippen molar-refractivity contribution in [2.24, 2.45) is 0 Å². The SMILES string of the molecule is CC.CCC1=CC=C(/C=C/C2=CCNC=C2)C=CC1. The van der Waals surface area contributed by atoms with Crippen LogP contribution in [-0.2, 0) is 0 Å². The molecule has 0 radical (unpaired) electrons. The molecule has 0 saturated heterocycles. The third-order valence-electron chi connectivity index (χ3n) is 2.97. The number of dihydropyridines is 1. The number of rotatable bonds is 3. The van der Waals surface area contributed by atoms with Gasteiger partial charge in [0.1, 0.15) is 0 Å². The zero-order valence-corrected chi connectivity index (χ0v) is 12.3. The largest absolute Gasteiger partial charge is 0.387 e. The zero-order valence-electron chi connectivity index (χ0n) is 12.3. The highest BCUT2D eigenvalue weighted by Crippen LogP contribution is 2.15. The lowest BCUT2D eigenvalue weighted by atomic mass is 10.1. The lowest BCUT2D eigenvalue weighted by molar-refractivity contribution is 0.964. The minimum atomic E-state index is 0.922. The molecule has 1 heterocycles. The Morgan fingerprint density at radius 1 is 1.11 bits per heavy atom. The summed E-state index contributed by atoms with van der Waals surface area (Å²) in [6, 6.07) is 0. The Morgan fingerprint density at radius 2 is 1.89 bits per heavy atom. The molecule has 0 spiro atoms. The maximum Gasteiger partial charge on any atom is 0.0334 e. The van der Waals surface area contributed by atoms with Gasteiger partial charge in [0.2, 0.25) is 0 Å². The lowest BCUT2D eigenvalue weighted by Crippen LogP contribution is -2.07. The van der Waals surface area contributed by atoms with Crippen LogP contribution in [0.5, 0.6) is 0 Å². The lowest BCUT2D eigenvalue weighted by Gasteiger charge is -2.03. The minimum Gasteiger partial charge on any atom is -0.387 e. The second-order valence-corrected chi connectivity index (χ2v) is 4.23. The summed E-state index contributed by atoms with van der Waals surface area (Å²) in [4.78, 5) is 0. The van der Waals surface area contributed by atoms with Crippen LogP contribution in [0.25, 0.3) is 0 Å². The number of allylic oxidation sites excluding steroid dienone is 10. The van der Waals surface area contributed by atoms with Crippen LogP contribution in [0.1, 0.15) is 33.6 Å². The summed E-state index contributed by atoms with van der Waals surface area (Å²) in [6.45, 7) is 7.13. The van der Waals surface area contributed by atoms with Crippen LogP contribution in [0.2, 0.25) is 0 Å². The summed E-state index contributed by atoms with van der Waals surface area (Å²) in [5, 5.41) is 3.15. The first-order valence-corrected chi connectivity index (χ1v) is 7.23. The van der Waals surface area contributed by atoms with Gasteiger partial charge in [-0.2, -0.15) is 0 Å². The average molecular weight is 255 g/mol. The monoisotopic (exact) mass is 255 g/mol. The maximum absolute atomic E-state index is 3.15. The third-order valence-corrected chi connectivity index (χ3v) is 2.97. The number of hydrogen-bond donors (Lipinski definition) is 1. The fourth-order valence-corrected chi connectivity index (χ4v) is 1.84. The van der Waals surface area contributed by atoms with Crippen molar-refractivity contribution in [1.82, 2.24) is 5.32 Å². The molecular formula is C18H25N. The summed E-state index contributed by atoms with van der Waals surface area (Å²) >= 11 is 0. The topological polar surface area (TPSA) is 12.0 Å². The van der Waals surface area contributed by atoms with E-state index in [9.17, 15) is 0 Å². The molecule has 0 aromatic carbocycles. The summed E-state index contributed by atoms with van der Waals surface area (Å²) < 4.78 is 0. The van der Waals surface area contributed by atoms with Crippen LogP contribution in [0.4, 0.5) is 0 Å². The first kappa shape index (κ1) is 15.3. The van der Waals surface area contributed by atoms with Crippen molar-refractivity contribution in [3.63, 3.8) is 0 Å². The summed E-state index contributed by atoms with van der Waals surface area (Å²) in [7, 11) is 0. The molecule has 1 aliphatic heterocycles. The van der Waals surface area contributed by atoms with E-state index >= 15 is 0 Å². The van der Waals surface area contributed by atoms with Crippen molar-refractivity contribution in [3.05, 3.63) is 71.5 Å². The average Bonchev–Trinajstić information content (AvgIpc) is 2.73. The third kappa shape index (κ3) is 5.60. The van der Waals surface area contributed by atoms with E-state index in [-0.39, 0.29) is 0 Å². The molecule has 1 N–H and O–H groups in total. The van der Waals surface area contributed by atoms with E-state index in [0.29, 0.717) is 0 Å². The van der Waals surface area contributed by atoms with Crippen molar-refractivity contribution >= 4 is 0 Å². The van der Waals surface area contributed by atoms with Gasteiger partial charge in [-0.25, -0.2) is 0 Å². The van der Waals surface area contributed by atoms with Gasteiger partial charge in [0.05, 0.1) is 0 Å². The molecule has 1 heteroatoms. The van der Waals surface area contributed by atoms with Gasteiger partial charge in [-0.3, -0.25) is 0 Å². The fourth-order valence-electron chi connectivity index (χ4n) is 1.84. The highest BCUT2D eigenvalue weighted by atomic mass is 14.8. The highest BCUT2D eigenvalue weighted by molar-refractivity contribution is 5.43. The van der Waals surface area contributed by atoms with Gasteiger partial charge in [-0.05, 0) is 36.3 Å². The van der Waals surface area contributed by atoms with Crippen LogP contribution in [0.3, 0.4) is 0 Å². The van der Waals surface area contributed by atoms with E-state index in [4.69, 9.17) is 0 Å². The van der Waals surface area contributed by atoms with Crippen molar-refractivity contribution in [1.29, 1.82) is 0 Å². The number of nitrogens with one attached hydrogen (secondary N) is 1.